The van der Waals surface area contributed by atoms with Crippen LogP contribution in [0.25, 0.3) is 6.08 Å². The van der Waals surface area contributed by atoms with Crippen molar-refractivity contribution in [2.75, 3.05) is 18.6 Å². The number of anilines is 1. The number of ether oxygens (including phenoxy) is 3. The van der Waals surface area contributed by atoms with E-state index in [0.717, 1.165) is 19.6 Å². The molecule has 1 heterocycles. The molecule has 4 rings (SSSR count). The average Bonchev–Trinajstić information content (AvgIpc) is 2.87. The number of carbonyl (C=O) groups excluding carboxylic acids is 3. The molecule has 1 saturated heterocycles. The van der Waals surface area contributed by atoms with Crippen molar-refractivity contribution >= 4 is 52.2 Å². The van der Waals surface area contributed by atoms with Crippen molar-refractivity contribution < 1.29 is 28.6 Å². The lowest BCUT2D eigenvalue weighted by Crippen LogP contribution is -2.54. The van der Waals surface area contributed by atoms with Gasteiger partial charge in [0.15, 0.2) is 11.5 Å². The quantitative estimate of drug-likeness (QED) is 0.212. The van der Waals surface area contributed by atoms with E-state index in [-0.39, 0.29) is 5.57 Å². The Morgan fingerprint density at radius 1 is 0.973 bits per heavy atom. The van der Waals surface area contributed by atoms with Crippen molar-refractivity contribution in [3.63, 3.8) is 0 Å². The molecule has 190 valence electrons. The summed E-state index contributed by atoms with van der Waals surface area (Å²) in [7, 11) is 1.52. The Hall–Kier alpha value is -3.86. The van der Waals surface area contributed by atoms with Gasteiger partial charge in [0.05, 0.1) is 23.0 Å². The van der Waals surface area contributed by atoms with Crippen molar-refractivity contribution in [2.45, 2.75) is 20.5 Å². The number of halogens is 1. The van der Waals surface area contributed by atoms with Crippen molar-refractivity contribution in [2.24, 2.45) is 0 Å². The standard InChI is InChI=1S/C28H25IN2O6/c1-4-36-21-11-9-20(10-12-21)31-27(33)22(26(32)30-28(31)34)13-19-14-23(29)25(24(15-19)35-3)37-16-18-7-5-17(2)6-8-18/h5-15H,4,16H2,1-3H3,(H,30,32,34)/b22-13-. The van der Waals surface area contributed by atoms with Gasteiger partial charge in [-0.3, -0.25) is 14.9 Å². The molecular formula is C28H25IN2O6. The maximum atomic E-state index is 13.2. The fourth-order valence-corrected chi connectivity index (χ4v) is 4.50. The van der Waals surface area contributed by atoms with Gasteiger partial charge in [-0.15, -0.1) is 0 Å². The van der Waals surface area contributed by atoms with Crippen LogP contribution in [-0.2, 0) is 16.2 Å². The van der Waals surface area contributed by atoms with Gasteiger partial charge < -0.3 is 14.2 Å². The number of hydrogen-bond donors (Lipinski definition) is 1. The second kappa shape index (κ2) is 11.5. The topological polar surface area (TPSA) is 94.2 Å². The summed E-state index contributed by atoms with van der Waals surface area (Å²) >= 11 is 2.12. The Labute approximate surface area is 228 Å². The molecular weight excluding hydrogens is 587 g/mol. The molecule has 0 saturated carbocycles. The normalized spacial score (nSPS) is 14.5. The average molecular weight is 612 g/mol. The number of rotatable bonds is 8. The van der Waals surface area contributed by atoms with Crippen LogP contribution in [0.4, 0.5) is 10.5 Å². The van der Waals surface area contributed by atoms with Crippen LogP contribution in [0.5, 0.6) is 17.2 Å². The molecule has 1 N–H and O–H groups in total. The molecule has 0 aliphatic carbocycles. The van der Waals surface area contributed by atoms with E-state index < -0.39 is 17.8 Å². The van der Waals surface area contributed by atoms with Crippen LogP contribution in [0, 0.1) is 10.5 Å². The van der Waals surface area contributed by atoms with E-state index in [9.17, 15) is 14.4 Å². The molecule has 0 spiro atoms. The predicted molar refractivity (Wildman–Crippen MR) is 148 cm³/mol. The molecule has 8 nitrogen and oxygen atoms in total. The first kappa shape index (κ1) is 26.2. The van der Waals surface area contributed by atoms with Gasteiger partial charge in [0, 0.05) is 0 Å². The van der Waals surface area contributed by atoms with Crippen LogP contribution in [-0.4, -0.2) is 31.6 Å². The zero-order chi connectivity index (χ0) is 26.5. The summed E-state index contributed by atoms with van der Waals surface area (Å²) in [6, 6.07) is 17.2. The molecule has 1 fully saturated rings. The minimum Gasteiger partial charge on any atom is -0.494 e. The number of nitrogens with zero attached hydrogens (tertiary/aromatic N) is 1. The monoisotopic (exact) mass is 612 g/mol. The van der Waals surface area contributed by atoms with Gasteiger partial charge in [-0.2, -0.15) is 0 Å². The number of imide groups is 2. The van der Waals surface area contributed by atoms with Crippen LogP contribution in [0.15, 0.2) is 66.2 Å². The minimum absolute atomic E-state index is 0.181. The van der Waals surface area contributed by atoms with E-state index in [1.54, 1.807) is 36.4 Å². The molecule has 0 atom stereocenters. The Kier molecular flexibility index (Phi) is 8.12. The van der Waals surface area contributed by atoms with Crippen molar-refractivity contribution in [1.29, 1.82) is 0 Å². The molecule has 4 amide bonds. The third kappa shape index (κ3) is 5.93. The van der Waals surface area contributed by atoms with Crippen LogP contribution >= 0.6 is 22.6 Å². The highest BCUT2D eigenvalue weighted by atomic mass is 127. The van der Waals surface area contributed by atoms with Crippen LogP contribution in [0.1, 0.15) is 23.6 Å². The molecule has 0 unspecified atom stereocenters. The number of aryl methyl sites for hydroxylation is 1. The SMILES string of the molecule is CCOc1ccc(N2C(=O)NC(=O)/C(=C/c3cc(I)c(OCc4ccc(C)cc4)c(OC)c3)C2=O)cc1. The number of barbiturate groups is 1. The number of methoxy groups -OCH3 is 1. The second-order valence-electron chi connectivity index (χ2n) is 8.19. The van der Waals surface area contributed by atoms with E-state index in [1.165, 1.54) is 13.2 Å². The molecule has 0 bridgehead atoms. The smallest absolute Gasteiger partial charge is 0.335 e. The van der Waals surface area contributed by atoms with Crippen molar-refractivity contribution in [3.05, 3.63) is 86.5 Å². The first-order chi connectivity index (χ1) is 17.8. The lowest BCUT2D eigenvalue weighted by Gasteiger charge is -2.26. The highest BCUT2D eigenvalue weighted by Gasteiger charge is 2.37. The first-order valence-electron chi connectivity index (χ1n) is 11.5. The van der Waals surface area contributed by atoms with E-state index >= 15 is 0 Å². The third-order valence-electron chi connectivity index (χ3n) is 5.57. The molecule has 37 heavy (non-hydrogen) atoms. The van der Waals surface area contributed by atoms with Gasteiger partial charge >= 0.3 is 6.03 Å². The number of urea groups is 1. The summed E-state index contributed by atoms with van der Waals surface area (Å²) in [6.07, 6.45) is 1.43. The number of carbonyl (C=O) groups is 3. The zero-order valence-corrected chi connectivity index (χ0v) is 22.7. The second-order valence-corrected chi connectivity index (χ2v) is 9.36. The zero-order valence-electron chi connectivity index (χ0n) is 20.5. The summed E-state index contributed by atoms with van der Waals surface area (Å²) in [6.45, 7) is 4.72. The lowest BCUT2D eigenvalue weighted by molar-refractivity contribution is -0.122. The summed E-state index contributed by atoms with van der Waals surface area (Å²) in [5.74, 6) is 0.108. The largest absolute Gasteiger partial charge is 0.494 e. The fourth-order valence-electron chi connectivity index (χ4n) is 3.72. The van der Waals surface area contributed by atoms with Crippen LogP contribution < -0.4 is 24.4 Å². The number of benzene rings is 3. The summed E-state index contributed by atoms with van der Waals surface area (Å²) < 4.78 is 17.7. The first-order valence-corrected chi connectivity index (χ1v) is 12.6. The van der Waals surface area contributed by atoms with E-state index in [4.69, 9.17) is 14.2 Å². The molecule has 1 aliphatic rings. The Morgan fingerprint density at radius 3 is 2.32 bits per heavy atom. The molecule has 0 radical (unpaired) electrons. The van der Waals surface area contributed by atoms with E-state index in [0.29, 0.717) is 41.7 Å². The third-order valence-corrected chi connectivity index (χ3v) is 6.38. The van der Waals surface area contributed by atoms with Crippen molar-refractivity contribution in [1.82, 2.24) is 5.32 Å². The molecule has 3 aromatic rings. The molecule has 9 heteroatoms. The predicted octanol–water partition coefficient (Wildman–Crippen LogP) is 5.25. The van der Waals surface area contributed by atoms with E-state index in [1.807, 2.05) is 38.1 Å². The van der Waals surface area contributed by atoms with Gasteiger partial charge in [0.25, 0.3) is 11.8 Å². The van der Waals surface area contributed by atoms with Crippen molar-refractivity contribution in [3.8, 4) is 17.2 Å². The Morgan fingerprint density at radius 2 is 1.68 bits per heavy atom. The number of hydrogen-bond acceptors (Lipinski definition) is 6. The van der Waals surface area contributed by atoms with Crippen LogP contribution in [0.3, 0.4) is 0 Å². The van der Waals surface area contributed by atoms with Gasteiger partial charge in [-0.25, -0.2) is 9.69 Å². The van der Waals surface area contributed by atoms with Gasteiger partial charge in [0.1, 0.15) is 17.9 Å². The van der Waals surface area contributed by atoms with Crippen LogP contribution in [0.2, 0.25) is 0 Å². The maximum Gasteiger partial charge on any atom is 0.335 e. The Bertz CT molecular complexity index is 1370. The van der Waals surface area contributed by atoms with E-state index in [2.05, 4.69) is 27.9 Å². The maximum absolute atomic E-state index is 13.2. The summed E-state index contributed by atoms with van der Waals surface area (Å²) in [5, 5.41) is 2.24. The highest BCUT2D eigenvalue weighted by molar-refractivity contribution is 14.1. The highest BCUT2D eigenvalue weighted by Crippen LogP contribution is 2.35. The fraction of sp³-hybridized carbons (Fsp3) is 0.179. The molecule has 1 aliphatic heterocycles. The summed E-state index contributed by atoms with van der Waals surface area (Å²) in [4.78, 5) is 39.3. The van der Waals surface area contributed by atoms with Gasteiger partial charge in [-0.1, -0.05) is 29.8 Å². The molecule has 0 aromatic heterocycles. The van der Waals surface area contributed by atoms with Gasteiger partial charge in [0.2, 0.25) is 0 Å². The lowest BCUT2D eigenvalue weighted by atomic mass is 10.1. The number of amides is 4. The Balaban J connectivity index is 1.61. The number of nitrogens with one attached hydrogen (secondary N) is 1. The minimum atomic E-state index is -0.816. The molecule has 3 aromatic carbocycles. The summed E-state index contributed by atoms with van der Waals surface area (Å²) in [5.41, 5.74) is 2.86. The van der Waals surface area contributed by atoms with Gasteiger partial charge in [-0.05, 0) is 90.0 Å².